The van der Waals surface area contributed by atoms with Crippen LogP contribution in [0, 0.1) is 5.82 Å². The van der Waals surface area contributed by atoms with Crippen LogP contribution < -0.4 is 16.0 Å². The maximum atomic E-state index is 13.7. The van der Waals surface area contributed by atoms with E-state index in [1.54, 1.807) is 13.1 Å². The van der Waals surface area contributed by atoms with E-state index in [1.807, 2.05) is 6.07 Å². The number of rotatable bonds is 7. The van der Waals surface area contributed by atoms with Gasteiger partial charge in [0.05, 0.1) is 6.54 Å². The molecule has 0 bridgehead atoms. The lowest BCUT2D eigenvalue weighted by Gasteiger charge is -2.15. The van der Waals surface area contributed by atoms with Gasteiger partial charge in [0.15, 0.2) is 5.96 Å². The lowest BCUT2D eigenvalue weighted by molar-refractivity contribution is -0.124. The standard InChI is InChI=1S/C16H21BrFN5O2/c1-19-15(21-7-8-23-14(24)10-22-16(23)25)20-6-2-3-11-4-5-12(17)9-13(11)18/h4-5,9H,2-3,6-8,10H2,1H3,(H,22,25)(H2,19,20,21). The fraction of sp³-hybridized carbons (Fsp3) is 0.438. The minimum atomic E-state index is -0.369. The zero-order chi connectivity index (χ0) is 18.2. The molecule has 0 atom stereocenters. The molecule has 1 heterocycles. The van der Waals surface area contributed by atoms with Crippen LogP contribution in [-0.2, 0) is 11.2 Å². The Morgan fingerprint density at radius 3 is 2.76 bits per heavy atom. The van der Waals surface area contributed by atoms with Crippen molar-refractivity contribution >= 4 is 33.8 Å². The molecular weight excluding hydrogens is 393 g/mol. The molecule has 1 aliphatic heterocycles. The van der Waals surface area contributed by atoms with E-state index in [-0.39, 0.29) is 30.8 Å². The molecule has 136 valence electrons. The summed E-state index contributed by atoms with van der Waals surface area (Å²) < 4.78 is 14.5. The third kappa shape index (κ3) is 5.70. The Balaban J connectivity index is 1.66. The molecule has 1 aliphatic rings. The predicted octanol–water partition coefficient (Wildman–Crippen LogP) is 1.24. The third-order valence-electron chi connectivity index (χ3n) is 3.72. The first-order chi connectivity index (χ1) is 12.0. The molecule has 1 aromatic carbocycles. The summed E-state index contributed by atoms with van der Waals surface area (Å²) in [7, 11) is 1.64. The zero-order valence-electron chi connectivity index (χ0n) is 13.9. The molecule has 2 rings (SSSR count). The van der Waals surface area contributed by atoms with Crippen molar-refractivity contribution in [2.24, 2.45) is 4.99 Å². The highest BCUT2D eigenvalue weighted by atomic mass is 79.9. The van der Waals surface area contributed by atoms with Gasteiger partial charge in [-0.1, -0.05) is 22.0 Å². The van der Waals surface area contributed by atoms with Crippen LogP contribution in [0.1, 0.15) is 12.0 Å². The molecule has 25 heavy (non-hydrogen) atoms. The number of aliphatic imine (C=N–C) groups is 1. The molecule has 1 fully saturated rings. The average molecular weight is 414 g/mol. The van der Waals surface area contributed by atoms with Crippen LogP contribution in [0.5, 0.6) is 0 Å². The van der Waals surface area contributed by atoms with Crippen molar-refractivity contribution in [3.8, 4) is 0 Å². The fourth-order valence-electron chi connectivity index (χ4n) is 2.40. The number of benzene rings is 1. The molecule has 0 spiro atoms. The van der Waals surface area contributed by atoms with Gasteiger partial charge in [-0.05, 0) is 30.5 Å². The van der Waals surface area contributed by atoms with Gasteiger partial charge in [-0.15, -0.1) is 0 Å². The van der Waals surface area contributed by atoms with E-state index in [4.69, 9.17) is 0 Å². The number of carbonyl (C=O) groups excluding carboxylic acids is 2. The topological polar surface area (TPSA) is 85.8 Å². The van der Waals surface area contributed by atoms with Crippen molar-refractivity contribution in [2.45, 2.75) is 12.8 Å². The lowest BCUT2D eigenvalue weighted by atomic mass is 10.1. The Bertz CT molecular complexity index is 652. The molecule has 0 aliphatic carbocycles. The van der Waals surface area contributed by atoms with E-state index in [0.717, 1.165) is 15.8 Å². The van der Waals surface area contributed by atoms with Crippen molar-refractivity contribution in [1.82, 2.24) is 20.9 Å². The van der Waals surface area contributed by atoms with Crippen molar-refractivity contribution < 1.29 is 14.0 Å². The second kappa shape index (κ2) is 9.36. The predicted molar refractivity (Wildman–Crippen MR) is 96.9 cm³/mol. The van der Waals surface area contributed by atoms with Gasteiger partial charge < -0.3 is 16.0 Å². The van der Waals surface area contributed by atoms with E-state index < -0.39 is 0 Å². The summed E-state index contributed by atoms with van der Waals surface area (Å²) >= 11 is 3.24. The number of halogens is 2. The summed E-state index contributed by atoms with van der Waals surface area (Å²) in [6.07, 6.45) is 1.36. The first-order valence-corrected chi connectivity index (χ1v) is 8.77. The van der Waals surface area contributed by atoms with Crippen LogP contribution in [0.25, 0.3) is 0 Å². The fourth-order valence-corrected chi connectivity index (χ4v) is 2.73. The normalized spacial score (nSPS) is 14.7. The van der Waals surface area contributed by atoms with Gasteiger partial charge in [0.25, 0.3) is 0 Å². The summed E-state index contributed by atoms with van der Waals surface area (Å²) in [6, 6.07) is 4.68. The lowest BCUT2D eigenvalue weighted by Crippen LogP contribution is -2.43. The SMILES string of the molecule is CN=C(NCCCc1ccc(Br)cc1F)NCCN1C(=O)CNC1=O. The Morgan fingerprint density at radius 2 is 2.12 bits per heavy atom. The smallest absolute Gasteiger partial charge is 0.324 e. The molecule has 1 aromatic rings. The van der Waals surface area contributed by atoms with Gasteiger partial charge in [-0.25, -0.2) is 9.18 Å². The molecule has 7 nitrogen and oxygen atoms in total. The minimum absolute atomic E-state index is 0.0540. The van der Waals surface area contributed by atoms with Crippen LogP contribution in [0.2, 0.25) is 0 Å². The van der Waals surface area contributed by atoms with Crippen molar-refractivity contribution in [2.75, 3.05) is 33.2 Å². The number of urea groups is 1. The molecule has 1 saturated heterocycles. The number of nitrogens with one attached hydrogen (secondary N) is 3. The summed E-state index contributed by atoms with van der Waals surface area (Å²) in [6.45, 7) is 1.35. The number of aryl methyl sites for hydroxylation is 1. The molecule has 0 radical (unpaired) electrons. The Morgan fingerprint density at radius 1 is 1.36 bits per heavy atom. The molecule has 9 heteroatoms. The van der Waals surface area contributed by atoms with E-state index in [2.05, 4.69) is 36.9 Å². The van der Waals surface area contributed by atoms with Crippen LogP contribution in [0.4, 0.5) is 9.18 Å². The van der Waals surface area contributed by atoms with Gasteiger partial charge in [0.2, 0.25) is 5.91 Å². The Kier molecular flexibility index (Phi) is 7.17. The van der Waals surface area contributed by atoms with Crippen LogP contribution in [0.15, 0.2) is 27.7 Å². The van der Waals surface area contributed by atoms with Crippen LogP contribution in [0.3, 0.4) is 0 Å². The Hall–Kier alpha value is -2.16. The largest absolute Gasteiger partial charge is 0.356 e. The van der Waals surface area contributed by atoms with Crippen LogP contribution in [-0.4, -0.2) is 56.0 Å². The molecule has 0 aromatic heterocycles. The first kappa shape index (κ1) is 19.2. The first-order valence-electron chi connectivity index (χ1n) is 7.98. The number of hydrogen-bond donors (Lipinski definition) is 3. The molecule has 3 N–H and O–H groups in total. The number of imide groups is 1. The zero-order valence-corrected chi connectivity index (χ0v) is 15.5. The van der Waals surface area contributed by atoms with Crippen molar-refractivity contribution in [3.05, 3.63) is 34.1 Å². The summed E-state index contributed by atoms with van der Waals surface area (Å²) in [5.41, 5.74) is 0.673. The van der Waals surface area contributed by atoms with Crippen molar-refractivity contribution in [3.63, 3.8) is 0 Å². The van der Waals surface area contributed by atoms with Gasteiger partial charge in [-0.2, -0.15) is 0 Å². The second-order valence-corrected chi connectivity index (χ2v) is 6.38. The minimum Gasteiger partial charge on any atom is -0.356 e. The quantitative estimate of drug-likeness (QED) is 0.271. The monoisotopic (exact) mass is 413 g/mol. The summed E-state index contributed by atoms with van der Waals surface area (Å²) in [5, 5.41) is 8.63. The van der Waals surface area contributed by atoms with Gasteiger partial charge >= 0.3 is 6.03 Å². The number of nitrogens with zero attached hydrogens (tertiary/aromatic N) is 2. The molecular formula is C16H21BrFN5O2. The molecule has 0 unspecified atom stereocenters. The van der Waals surface area contributed by atoms with E-state index in [9.17, 15) is 14.0 Å². The number of hydrogen-bond acceptors (Lipinski definition) is 3. The highest BCUT2D eigenvalue weighted by molar-refractivity contribution is 9.10. The van der Waals surface area contributed by atoms with Gasteiger partial charge in [0.1, 0.15) is 5.82 Å². The van der Waals surface area contributed by atoms with E-state index in [1.165, 1.54) is 6.07 Å². The highest BCUT2D eigenvalue weighted by Crippen LogP contribution is 2.16. The number of amides is 3. The highest BCUT2D eigenvalue weighted by Gasteiger charge is 2.27. The van der Waals surface area contributed by atoms with E-state index >= 15 is 0 Å². The maximum Gasteiger partial charge on any atom is 0.324 e. The third-order valence-corrected chi connectivity index (χ3v) is 4.21. The van der Waals surface area contributed by atoms with E-state index in [0.29, 0.717) is 31.0 Å². The maximum absolute atomic E-state index is 13.7. The van der Waals surface area contributed by atoms with Gasteiger partial charge in [0, 0.05) is 31.2 Å². The number of guanidine groups is 1. The van der Waals surface area contributed by atoms with Crippen molar-refractivity contribution in [1.29, 1.82) is 0 Å². The summed E-state index contributed by atoms with van der Waals surface area (Å²) in [5.74, 6) is 0.125. The molecule has 3 amide bonds. The van der Waals surface area contributed by atoms with Crippen LogP contribution >= 0.6 is 15.9 Å². The van der Waals surface area contributed by atoms with Gasteiger partial charge in [-0.3, -0.25) is 14.7 Å². The Labute approximate surface area is 154 Å². The average Bonchev–Trinajstić information content (AvgIpc) is 2.90. The second-order valence-electron chi connectivity index (χ2n) is 5.47. The summed E-state index contributed by atoms with van der Waals surface area (Å²) in [4.78, 5) is 28.1. The molecule has 0 saturated carbocycles. The number of carbonyl (C=O) groups is 2.